The van der Waals surface area contributed by atoms with Crippen molar-refractivity contribution in [2.45, 2.75) is 26.7 Å². The number of hydrogen-bond donors (Lipinski definition) is 1. The van der Waals surface area contributed by atoms with Crippen molar-refractivity contribution >= 4 is 5.97 Å². The van der Waals surface area contributed by atoms with Gasteiger partial charge in [-0.15, -0.1) is 0 Å². The Morgan fingerprint density at radius 2 is 2.19 bits per heavy atom. The van der Waals surface area contributed by atoms with Gasteiger partial charge in [0.2, 0.25) is 0 Å². The van der Waals surface area contributed by atoms with Gasteiger partial charge < -0.3 is 14.7 Å². The monoisotopic (exact) mass is 291 g/mol. The Morgan fingerprint density at radius 1 is 1.38 bits per heavy atom. The summed E-state index contributed by atoms with van der Waals surface area (Å²) in [5, 5.41) is 8.94. The maximum absolute atomic E-state index is 10.9. The lowest BCUT2D eigenvalue weighted by Crippen LogP contribution is -2.39. The Kier molecular flexibility index (Phi) is 5.62. The first-order valence-corrected chi connectivity index (χ1v) is 7.75. The second-order valence-electron chi connectivity index (χ2n) is 6.08. The number of ether oxygens (including phenoxy) is 1. The highest BCUT2D eigenvalue weighted by Crippen LogP contribution is 2.22. The molecule has 1 fully saturated rings. The number of benzene rings is 1. The van der Waals surface area contributed by atoms with Gasteiger partial charge in [-0.2, -0.15) is 0 Å². The average molecular weight is 291 g/mol. The van der Waals surface area contributed by atoms with Gasteiger partial charge in [-0.25, -0.2) is 4.79 Å². The summed E-state index contributed by atoms with van der Waals surface area (Å²) in [5.74, 6) is 1.32. The Morgan fingerprint density at radius 3 is 2.90 bits per heavy atom. The van der Waals surface area contributed by atoms with Crippen molar-refractivity contribution in [1.29, 1.82) is 0 Å². The van der Waals surface area contributed by atoms with Gasteiger partial charge in [-0.3, -0.25) is 0 Å². The van der Waals surface area contributed by atoms with Gasteiger partial charge in [0.05, 0.1) is 12.2 Å². The van der Waals surface area contributed by atoms with Crippen LogP contribution >= 0.6 is 0 Å². The van der Waals surface area contributed by atoms with Crippen LogP contribution in [0.2, 0.25) is 0 Å². The van der Waals surface area contributed by atoms with Crippen molar-refractivity contribution < 1.29 is 14.6 Å². The van der Waals surface area contributed by atoms with Crippen LogP contribution in [0.25, 0.3) is 0 Å². The lowest BCUT2D eigenvalue weighted by atomic mass is 9.89. The van der Waals surface area contributed by atoms with Crippen LogP contribution < -0.4 is 4.74 Å². The first-order chi connectivity index (χ1) is 10.1. The number of aromatic carboxylic acids is 1. The number of carbonyl (C=O) groups is 1. The van der Waals surface area contributed by atoms with E-state index in [1.807, 2.05) is 0 Å². The summed E-state index contributed by atoms with van der Waals surface area (Å²) in [6, 6.07) is 6.67. The third-order valence-corrected chi connectivity index (χ3v) is 4.39. The zero-order valence-corrected chi connectivity index (χ0v) is 12.9. The molecule has 4 heteroatoms. The Balaban J connectivity index is 1.70. The van der Waals surface area contributed by atoms with Crippen molar-refractivity contribution in [3.63, 3.8) is 0 Å². The van der Waals surface area contributed by atoms with E-state index in [0.717, 1.165) is 24.8 Å². The minimum Gasteiger partial charge on any atom is -0.494 e. The Hall–Kier alpha value is -1.55. The van der Waals surface area contributed by atoms with Crippen molar-refractivity contribution in [1.82, 2.24) is 4.90 Å². The molecular formula is C17H25NO3. The predicted molar refractivity (Wildman–Crippen MR) is 82.9 cm³/mol. The number of piperidine rings is 1. The molecule has 21 heavy (non-hydrogen) atoms. The van der Waals surface area contributed by atoms with E-state index >= 15 is 0 Å². The molecule has 0 amide bonds. The Labute approximate surface area is 126 Å². The van der Waals surface area contributed by atoms with Crippen LogP contribution in [0.5, 0.6) is 5.75 Å². The number of nitrogens with zero attached hydrogens (tertiary/aromatic N) is 1. The lowest BCUT2D eigenvalue weighted by Gasteiger charge is -2.35. The van der Waals surface area contributed by atoms with Gasteiger partial charge in [0.1, 0.15) is 5.75 Å². The molecule has 1 aromatic carbocycles. The maximum Gasteiger partial charge on any atom is 0.335 e. The maximum atomic E-state index is 10.9. The fraction of sp³-hybridized carbons (Fsp3) is 0.588. The molecule has 1 saturated heterocycles. The lowest BCUT2D eigenvalue weighted by molar-refractivity contribution is 0.0696. The highest BCUT2D eigenvalue weighted by atomic mass is 16.5. The molecule has 2 rings (SSSR count). The first kappa shape index (κ1) is 15.8. The fourth-order valence-corrected chi connectivity index (χ4v) is 2.75. The number of carboxylic acids is 1. The van der Waals surface area contributed by atoms with E-state index in [1.54, 1.807) is 24.3 Å². The van der Waals surface area contributed by atoms with Gasteiger partial charge in [0.25, 0.3) is 0 Å². The molecule has 1 N–H and O–H groups in total. The van der Waals surface area contributed by atoms with Crippen LogP contribution in [0.4, 0.5) is 0 Å². The van der Waals surface area contributed by atoms with E-state index in [4.69, 9.17) is 9.84 Å². The fourth-order valence-electron chi connectivity index (χ4n) is 2.75. The summed E-state index contributed by atoms with van der Waals surface area (Å²) in [6.07, 6.45) is 2.25. The first-order valence-electron chi connectivity index (χ1n) is 7.75. The van der Waals surface area contributed by atoms with E-state index < -0.39 is 5.97 Å². The summed E-state index contributed by atoms with van der Waals surface area (Å²) in [6.45, 7) is 8.69. The zero-order chi connectivity index (χ0) is 15.2. The Bertz CT molecular complexity index is 475. The normalized spacial score (nSPS) is 23.0. The number of hydrogen-bond acceptors (Lipinski definition) is 3. The van der Waals surface area contributed by atoms with Gasteiger partial charge in [-0.05, 0) is 49.4 Å². The summed E-state index contributed by atoms with van der Waals surface area (Å²) in [5.41, 5.74) is 0.270. The third kappa shape index (κ3) is 4.74. The number of likely N-dealkylation sites (tertiary alicyclic amines) is 1. The summed E-state index contributed by atoms with van der Waals surface area (Å²) in [4.78, 5) is 13.4. The molecule has 0 spiro atoms. The summed E-state index contributed by atoms with van der Waals surface area (Å²) >= 11 is 0. The predicted octanol–water partition coefficient (Wildman–Crippen LogP) is 3.13. The number of carboxylic acid groups (broad SMARTS) is 1. The molecule has 2 atom stereocenters. The largest absolute Gasteiger partial charge is 0.494 e. The van der Waals surface area contributed by atoms with Crippen molar-refractivity contribution in [2.24, 2.45) is 11.8 Å². The average Bonchev–Trinajstić information content (AvgIpc) is 2.47. The SMILES string of the molecule is CC1CCN(CCCOc2cccc(C(=O)O)c2)CC1C. The van der Waals surface area contributed by atoms with E-state index in [9.17, 15) is 4.79 Å². The van der Waals surface area contributed by atoms with Crippen molar-refractivity contribution in [3.05, 3.63) is 29.8 Å². The van der Waals surface area contributed by atoms with Crippen LogP contribution in [0.1, 0.15) is 37.0 Å². The van der Waals surface area contributed by atoms with E-state index in [-0.39, 0.29) is 5.56 Å². The quantitative estimate of drug-likeness (QED) is 0.818. The van der Waals surface area contributed by atoms with E-state index in [1.165, 1.54) is 19.5 Å². The van der Waals surface area contributed by atoms with Crippen LogP contribution in [0.3, 0.4) is 0 Å². The standard InChI is InChI=1S/C17H25NO3/c1-13-7-9-18(12-14(13)2)8-4-10-21-16-6-3-5-15(11-16)17(19)20/h3,5-6,11,13-14H,4,7-10,12H2,1-2H3,(H,19,20). The van der Waals surface area contributed by atoms with E-state index in [0.29, 0.717) is 12.4 Å². The highest BCUT2D eigenvalue weighted by Gasteiger charge is 2.21. The molecule has 1 heterocycles. The van der Waals surface area contributed by atoms with Gasteiger partial charge in [0, 0.05) is 13.1 Å². The van der Waals surface area contributed by atoms with Crippen LogP contribution in [-0.2, 0) is 0 Å². The minimum atomic E-state index is -0.920. The minimum absolute atomic E-state index is 0.270. The molecule has 1 aliphatic heterocycles. The second-order valence-corrected chi connectivity index (χ2v) is 6.08. The van der Waals surface area contributed by atoms with Crippen LogP contribution in [-0.4, -0.2) is 42.2 Å². The molecular weight excluding hydrogens is 266 g/mol. The van der Waals surface area contributed by atoms with Crippen LogP contribution in [0, 0.1) is 11.8 Å². The van der Waals surface area contributed by atoms with Gasteiger partial charge in [0.15, 0.2) is 0 Å². The molecule has 0 aromatic heterocycles. The summed E-state index contributed by atoms with van der Waals surface area (Å²) < 4.78 is 5.65. The van der Waals surface area contributed by atoms with Gasteiger partial charge in [-0.1, -0.05) is 19.9 Å². The zero-order valence-electron chi connectivity index (χ0n) is 12.9. The molecule has 0 aliphatic carbocycles. The molecule has 116 valence electrons. The molecule has 4 nitrogen and oxygen atoms in total. The molecule has 1 aliphatic rings. The topological polar surface area (TPSA) is 49.8 Å². The molecule has 0 saturated carbocycles. The third-order valence-electron chi connectivity index (χ3n) is 4.39. The number of rotatable bonds is 6. The van der Waals surface area contributed by atoms with Gasteiger partial charge >= 0.3 is 5.97 Å². The van der Waals surface area contributed by atoms with Crippen molar-refractivity contribution in [3.8, 4) is 5.75 Å². The molecule has 2 unspecified atom stereocenters. The smallest absolute Gasteiger partial charge is 0.335 e. The van der Waals surface area contributed by atoms with E-state index in [2.05, 4.69) is 18.7 Å². The van der Waals surface area contributed by atoms with Crippen LogP contribution in [0.15, 0.2) is 24.3 Å². The molecule has 1 aromatic rings. The molecule has 0 bridgehead atoms. The van der Waals surface area contributed by atoms with Crippen molar-refractivity contribution in [2.75, 3.05) is 26.2 Å². The summed E-state index contributed by atoms with van der Waals surface area (Å²) in [7, 11) is 0. The molecule has 0 radical (unpaired) electrons. The highest BCUT2D eigenvalue weighted by molar-refractivity contribution is 5.87. The second kappa shape index (κ2) is 7.46.